The minimum Gasteiger partial charge on any atom is -0.264 e. The molecule has 0 unspecified atom stereocenters. The molecule has 0 saturated heterocycles. The van der Waals surface area contributed by atoms with E-state index in [1.54, 1.807) is 6.20 Å². The zero-order valence-electron chi connectivity index (χ0n) is 6.87. The summed E-state index contributed by atoms with van der Waals surface area (Å²) in [5, 5.41) is 0. The van der Waals surface area contributed by atoms with Crippen LogP contribution < -0.4 is 0 Å². The normalized spacial score (nSPS) is 9.92. The smallest absolute Gasteiger partial charge is 0.0346 e. The van der Waals surface area contributed by atoms with Crippen molar-refractivity contribution in [3.05, 3.63) is 53.3 Å². The van der Waals surface area contributed by atoms with Crippen LogP contribution in [0.4, 0.5) is 0 Å². The molecule has 2 heteroatoms. The highest BCUT2D eigenvalue weighted by atomic mass is 79.9. The Balaban J connectivity index is 2.48. The zero-order valence-corrected chi connectivity index (χ0v) is 8.45. The summed E-state index contributed by atoms with van der Waals surface area (Å²) in [4.78, 5) is 4.06. The SMILES string of the molecule is Brc1c[c]cc(-c2cccnc2)c1. The predicted molar refractivity (Wildman–Crippen MR) is 56.2 cm³/mol. The fraction of sp³-hybridized carbons (Fsp3) is 0. The van der Waals surface area contributed by atoms with Crippen molar-refractivity contribution in [2.45, 2.75) is 0 Å². The van der Waals surface area contributed by atoms with Crippen molar-refractivity contribution >= 4 is 15.9 Å². The molecular weight excluding hydrogens is 226 g/mol. The summed E-state index contributed by atoms with van der Waals surface area (Å²) in [7, 11) is 0. The molecule has 2 rings (SSSR count). The van der Waals surface area contributed by atoms with E-state index in [0.29, 0.717) is 0 Å². The van der Waals surface area contributed by atoms with Crippen LogP contribution in [0.2, 0.25) is 0 Å². The van der Waals surface area contributed by atoms with Crippen molar-refractivity contribution < 1.29 is 0 Å². The molecule has 0 atom stereocenters. The highest BCUT2D eigenvalue weighted by molar-refractivity contribution is 9.10. The Hall–Kier alpha value is -1.15. The van der Waals surface area contributed by atoms with Crippen molar-refractivity contribution in [2.75, 3.05) is 0 Å². The van der Waals surface area contributed by atoms with Gasteiger partial charge in [-0.15, -0.1) is 0 Å². The molecule has 0 aliphatic carbocycles. The summed E-state index contributed by atoms with van der Waals surface area (Å²) in [5.74, 6) is 0. The summed E-state index contributed by atoms with van der Waals surface area (Å²) in [5.41, 5.74) is 2.24. The number of halogens is 1. The lowest BCUT2D eigenvalue weighted by atomic mass is 10.1. The van der Waals surface area contributed by atoms with Gasteiger partial charge in [0.25, 0.3) is 0 Å². The fourth-order valence-corrected chi connectivity index (χ4v) is 1.52. The number of hydrogen-bond acceptors (Lipinski definition) is 1. The summed E-state index contributed by atoms with van der Waals surface area (Å²) in [6.07, 6.45) is 3.61. The molecule has 1 aromatic heterocycles. The molecule has 0 bridgehead atoms. The Morgan fingerprint density at radius 3 is 2.85 bits per heavy atom. The topological polar surface area (TPSA) is 12.9 Å². The maximum Gasteiger partial charge on any atom is 0.0346 e. The van der Waals surface area contributed by atoms with Gasteiger partial charge in [0.15, 0.2) is 0 Å². The molecule has 63 valence electrons. The van der Waals surface area contributed by atoms with Gasteiger partial charge in [-0.05, 0) is 35.9 Å². The minimum atomic E-state index is 1.04. The number of rotatable bonds is 1. The molecule has 0 spiro atoms. The summed E-state index contributed by atoms with van der Waals surface area (Å²) >= 11 is 3.41. The van der Waals surface area contributed by atoms with Crippen LogP contribution in [0, 0.1) is 6.07 Å². The first-order valence-corrected chi connectivity index (χ1v) is 4.72. The molecule has 1 radical (unpaired) electrons. The number of nitrogens with zero attached hydrogens (tertiary/aromatic N) is 1. The lowest BCUT2D eigenvalue weighted by molar-refractivity contribution is 1.33. The van der Waals surface area contributed by atoms with Gasteiger partial charge in [0.05, 0.1) is 0 Å². The number of benzene rings is 1. The van der Waals surface area contributed by atoms with Crippen LogP contribution >= 0.6 is 15.9 Å². The monoisotopic (exact) mass is 232 g/mol. The fourth-order valence-electron chi connectivity index (χ4n) is 1.14. The van der Waals surface area contributed by atoms with Crippen molar-refractivity contribution in [1.82, 2.24) is 4.98 Å². The Morgan fingerprint density at radius 1 is 1.23 bits per heavy atom. The average Bonchev–Trinajstić information content (AvgIpc) is 2.19. The van der Waals surface area contributed by atoms with Crippen molar-refractivity contribution in [2.24, 2.45) is 0 Å². The van der Waals surface area contributed by atoms with Crippen LogP contribution in [0.25, 0.3) is 11.1 Å². The highest BCUT2D eigenvalue weighted by Gasteiger charge is 1.96. The van der Waals surface area contributed by atoms with Gasteiger partial charge in [-0.2, -0.15) is 0 Å². The van der Waals surface area contributed by atoms with Crippen LogP contribution in [0.1, 0.15) is 0 Å². The molecule has 1 aromatic carbocycles. The second kappa shape index (κ2) is 3.71. The van der Waals surface area contributed by atoms with E-state index >= 15 is 0 Å². The first-order chi connectivity index (χ1) is 6.36. The first kappa shape index (κ1) is 8.45. The number of pyridine rings is 1. The third-order valence-corrected chi connectivity index (χ3v) is 2.21. The van der Waals surface area contributed by atoms with Gasteiger partial charge >= 0.3 is 0 Å². The molecular formula is C11H7BrN. The quantitative estimate of drug-likeness (QED) is 0.736. The second-order valence-corrected chi connectivity index (χ2v) is 3.60. The Bertz CT molecular complexity index is 398. The van der Waals surface area contributed by atoms with E-state index in [4.69, 9.17) is 0 Å². The minimum absolute atomic E-state index is 1.04. The van der Waals surface area contributed by atoms with Gasteiger partial charge in [-0.3, -0.25) is 4.98 Å². The molecule has 0 aliphatic rings. The maximum absolute atomic E-state index is 4.06. The van der Waals surface area contributed by atoms with Gasteiger partial charge in [0, 0.05) is 22.4 Å². The third-order valence-electron chi connectivity index (χ3n) is 1.75. The first-order valence-electron chi connectivity index (χ1n) is 3.93. The van der Waals surface area contributed by atoms with Crippen LogP contribution in [-0.2, 0) is 0 Å². The summed E-state index contributed by atoms with van der Waals surface area (Å²) < 4.78 is 1.04. The van der Waals surface area contributed by atoms with Gasteiger partial charge in [-0.1, -0.05) is 22.0 Å². The van der Waals surface area contributed by atoms with Crippen molar-refractivity contribution in [3.8, 4) is 11.1 Å². The van der Waals surface area contributed by atoms with E-state index in [9.17, 15) is 0 Å². The van der Waals surface area contributed by atoms with Crippen molar-refractivity contribution in [3.63, 3.8) is 0 Å². The number of aromatic nitrogens is 1. The molecule has 0 aliphatic heterocycles. The molecule has 0 fully saturated rings. The van der Waals surface area contributed by atoms with Crippen LogP contribution in [-0.4, -0.2) is 4.98 Å². The zero-order chi connectivity index (χ0) is 9.10. The summed E-state index contributed by atoms with van der Waals surface area (Å²) in [6, 6.07) is 12.9. The maximum atomic E-state index is 4.06. The Morgan fingerprint density at radius 2 is 2.15 bits per heavy atom. The molecule has 0 amide bonds. The van der Waals surface area contributed by atoms with E-state index in [-0.39, 0.29) is 0 Å². The molecule has 1 nitrogen and oxygen atoms in total. The second-order valence-electron chi connectivity index (χ2n) is 2.68. The van der Waals surface area contributed by atoms with E-state index in [2.05, 4.69) is 27.0 Å². The van der Waals surface area contributed by atoms with Gasteiger partial charge < -0.3 is 0 Å². The Labute approximate surface area is 85.6 Å². The van der Waals surface area contributed by atoms with Crippen LogP contribution in [0.3, 0.4) is 0 Å². The predicted octanol–water partition coefficient (Wildman–Crippen LogP) is 3.31. The molecule has 13 heavy (non-hydrogen) atoms. The van der Waals surface area contributed by atoms with E-state index in [1.165, 1.54) is 0 Å². The van der Waals surface area contributed by atoms with Crippen LogP contribution in [0.5, 0.6) is 0 Å². The van der Waals surface area contributed by atoms with Crippen LogP contribution in [0.15, 0.2) is 47.2 Å². The lowest BCUT2D eigenvalue weighted by Crippen LogP contribution is -1.78. The lowest BCUT2D eigenvalue weighted by Gasteiger charge is -1.99. The van der Waals surface area contributed by atoms with E-state index in [1.807, 2.05) is 36.5 Å². The van der Waals surface area contributed by atoms with E-state index < -0.39 is 0 Å². The molecule has 0 N–H and O–H groups in total. The van der Waals surface area contributed by atoms with Gasteiger partial charge in [0.1, 0.15) is 0 Å². The van der Waals surface area contributed by atoms with Gasteiger partial charge in [-0.25, -0.2) is 0 Å². The van der Waals surface area contributed by atoms with Crippen molar-refractivity contribution in [1.29, 1.82) is 0 Å². The average molecular weight is 233 g/mol. The molecule has 1 heterocycles. The number of hydrogen-bond donors (Lipinski definition) is 0. The Kier molecular flexibility index (Phi) is 2.41. The highest BCUT2D eigenvalue weighted by Crippen LogP contribution is 2.21. The summed E-state index contributed by atoms with van der Waals surface area (Å²) in [6.45, 7) is 0. The standard InChI is InChI=1S/C11H7BrN/c12-11-5-1-3-9(7-11)10-4-2-6-13-8-10/h2-8H. The van der Waals surface area contributed by atoms with Gasteiger partial charge in [0.2, 0.25) is 0 Å². The molecule has 2 aromatic rings. The largest absolute Gasteiger partial charge is 0.264 e. The molecule has 0 saturated carbocycles. The third kappa shape index (κ3) is 1.95. The van der Waals surface area contributed by atoms with E-state index in [0.717, 1.165) is 15.6 Å².